The van der Waals surface area contributed by atoms with Crippen molar-refractivity contribution in [3.05, 3.63) is 23.8 Å². The van der Waals surface area contributed by atoms with Gasteiger partial charge in [0.15, 0.2) is 17.3 Å². The van der Waals surface area contributed by atoms with E-state index in [-0.39, 0.29) is 12.2 Å². The number of hydrogen-bond acceptors (Lipinski definition) is 6. The Morgan fingerprint density at radius 3 is 1.82 bits per heavy atom. The number of benzene rings is 1. The first kappa shape index (κ1) is 21.6. The quantitative estimate of drug-likeness (QED) is 0.561. The third kappa shape index (κ3) is 5.29. The van der Waals surface area contributed by atoms with Crippen LogP contribution in [0, 0.1) is 0 Å². The SMILES string of the molecule is COc1ccc([C@@H](O)P(=O)(OC2CCCCC2)OC2CCCCC2)cc1OC. The van der Waals surface area contributed by atoms with Crippen molar-refractivity contribution < 1.29 is 28.2 Å². The third-order valence-corrected chi connectivity index (χ3v) is 7.78. The molecule has 1 aromatic carbocycles. The molecular formula is C21H33O6P. The second-order valence-corrected chi connectivity index (χ2v) is 9.75. The average molecular weight is 412 g/mol. The Morgan fingerprint density at radius 1 is 0.857 bits per heavy atom. The first-order chi connectivity index (χ1) is 13.6. The molecular weight excluding hydrogens is 379 g/mol. The largest absolute Gasteiger partial charge is 0.493 e. The lowest BCUT2D eigenvalue weighted by Crippen LogP contribution is -2.22. The van der Waals surface area contributed by atoms with Crippen molar-refractivity contribution in [3.63, 3.8) is 0 Å². The molecule has 0 heterocycles. The summed E-state index contributed by atoms with van der Waals surface area (Å²) in [5, 5.41) is 11.1. The van der Waals surface area contributed by atoms with Crippen molar-refractivity contribution in [2.75, 3.05) is 14.2 Å². The Bertz CT molecular complexity index is 643. The zero-order chi connectivity index (χ0) is 20.0. The molecule has 28 heavy (non-hydrogen) atoms. The highest BCUT2D eigenvalue weighted by Crippen LogP contribution is 2.63. The first-order valence-electron chi connectivity index (χ1n) is 10.4. The normalized spacial score (nSPS) is 20.7. The number of aliphatic hydroxyl groups is 1. The molecule has 2 saturated carbocycles. The molecule has 1 atom stereocenters. The van der Waals surface area contributed by atoms with E-state index >= 15 is 0 Å². The summed E-state index contributed by atoms with van der Waals surface area (Å²) >= 11 is 0. The van der Waals surface area contributed by atoms with Crippen LogP contribution in [0.15, 0.2) is 18.2 Å². The molecule has 2 fully saturated rings. The van der Waals surface area contributed by atoms with Crippen molar-refractivity contribution in [3.8, 4) is 11.5 Å². The third-order valence-electron chi connectivity index (χ3n) is 5.70. The minimum absolute atomic E-state index is 0.127. The fraction of sp³-hybridized carbons (Fsp3) is 0.714. The Balaban J connectivity index is 1.84. The summed E-state index contributed by atoms with van der Waals surface area (Å²) in [5.74, 6) is -0.327. The minimum Gasteiger partial charge on any atom is -0.493 e. The van der Waals surface area contributed by atoms with E-state index in [2.05, 4.69) is 0 Å². The average Bonchev–Trinajstić information content (AvgIpc) is 2.74. The van der Waals surface area contributed by atoms with Crippen LogP contribution in [0.25, 0.3) is 0 Å². The summed E-state index contributed by atoms with van der Waals surface area (Å²) in [5.41, 5.74) is 0.451. The summed E-state index contributed by atoms with van der Waals surface area (Å²) < 4.78 is 36.5. The van der Waals surface area contributed by atoms with Gasteiger partial charge >= 0.3 is 7.60 Å². The molecule has 0 bridgehead atoms. The summed E-state index contributed by atoms with van der Waals surface area (Å²) in [6, 6.07) is 5.03. The molecule has 158 valence electrons. The van der Waals surface area contributed by atoms with Crippen LogP contribution in [0.5, 0.6) is 11.5 Å². The van der Waals surface area contributed by atoms with Crippen LogP contribution in [-0.2, 0) is 13.6 Å². The van der Waals surface area contributed by atoms with Crippen molar-refractivity contribution in [1.29, 1.82) is 0 Å². The lowest BCUT2D eigenvalue weighted by molar-refractivity contribution is 0.0544. The number of methoxy groups -OCH3 is 2. The van der Waals surface area contributed by atoms with Gasteiger partial charge in [-0.25, -0.2) is 0 Å². The first-order valence-corrected chi connectivity index (χ1v) is 12.0. The van der Waals surface area contributed by atoms with Gasteiger partial charge in [-0.1, -0.05) is 44.6 Å². The standard InChI is InChI=1S/C21H33O6P/c1-24-19-14-13-16(15-20(19)25-2)21(22)28(23,26-17-9-5-3-6-10-17)27-18-11-7-4-8-12-18/h13-15,17-18,21-22H,3-12H2,1-2H3/t21-/m0/s1. The van der Waals surface area contributed by atoms with Crippen LogP contribution < -0.4 is 9.47 Å². The van der Waals surface area contributed by atoms with Gasteiger partial charge in [0, 0.05) is 0 Å². The van der Waals surface area contributed by atoms with Gasteiger partial charge in [0.2, 0.25) is 0 Å². The van der Waals surface area contributed by atoms with Crippen molar-refractivity contribution in [1.82, 2.24) is 0 Å². The van der Waals surface area contributed by atoms with Crippen LogP contribution in [0.3, 0.4) is 0 Å². The van der Waals surface area contributed by atoms with Crippen LogP contribution >= 0.6 is 7.60 Å². The molecule has 0 saturated heterocycles. The maximum atomic E-state index is 13.8. The fourth-order valence-corrected chi connectivity index (χ4v) is 6.15. The van der Waals surface area contributed by atoms with E-state index in [1.807, 2.05) is 0 Å². The van der Waals surface area contributed by atoms with Gasteiger partial charge in [-0.15, -0.1) is 0 Å². The van der Waals surface area contributed by atoms with E-state index in [0.29, 0.717) is 17.1 Å². The van der Waals surface area contributed by atoms with Crippen LogP contribution in [-0.4, -0.2) is 31.5 Å². The number of ether oxygens (including phenoxy) is 2. The Labute approximate surface area is 168 Å². The molecule has 0 amide bonds. The maximum Gasteiger partial charge on any atom is 0.363 e. The van der Waals surface area contributed by atoms with Crippen LogP contribution in [0.2, 0.25) is 0 Å². The number of aliphatic hydroxyl groups excluding tert-OH is 1. The summed E-state index contributed by atoms with van der Waals surface area (Å²) in [7, 11) is -0.679. The molecule has 1 aromatic rings. The highest BCUT2D eigenvalue weighted by molar-refractivity contribution is 7.54. The maximum absolute atomic E-state index is 13.8. The van der Waals surface area contributed by atoms with Gasteiger partial charge in [0.05, 0.1) is 26.4 Å². The highest BCUT2D eigenvalue weighted by Gasteiger charge is 2.41. The molecule has 6 nitrogen and oxygen atoms in total. The second-order valence-electron chi connectivity index (χ2n) is 7.76. The Kier molecular flexibility index (Phi) is 7.81. The molecule has 0 aromatic heterocycles. The molecule has 0 radical (unpaired) electrons. The van der Waals surface area contributed by atoms with Gasteiger partial charge in [-0.2, -0.15) is 0 Å². The van der Waals surface area contributed by atoms with Gasteiger partial charge in [-0.05, 0) is 43.4 Å². The Hall–Kier alpha value is -1.07. The van der Waals surface area contributed by atoms with E-state index in [0.717, 1.165) is 51.4 Å². The van der Waals surface area contributed by atoms with Gasteiger partial charge in [-0.3, -0.25) is 4.57 Å². The van der Waals surface area contributed by atoms with E-state index in [1.165, 1.54) is 20.0 Å². The lowest BCUT2D eigenvalue weighted by atomic mass is 9.98. The van der Waals surface area contributed by atoms with E-state index in [1.54, 1.807) is 25.3 Å². The van der Waals surface area contributed by atoms with Gasteiger partial charge in [0.25, 0.3) is 0 Å². The zero-order valence-electron chi connectivity index (χ0n) is 17.0. The summed E-state index contributed by atoms with van der Waals surface area (Å²) in [6.45, 7) is 0. The van der Waals surface area contributed by atoms with Gasteiger partial charge in [0.1, 0.15) is 0 Å². The molecule has 2 aliphatic rings. The van der Waals surface area contributed by atoms with E-state index < -0.39 is 13.4 Å². The smallest absolute Gasteiger partial charge is 0.363 e. The zero-order valence-corrected chi connectivity index (χ0v) is 17.9. The van der Waals surface area contributed by atoms with Crippen molar-refractivity contribution in [2.24, 2.45) is 0 Å². The molecule has 2 aliphatic carbocycles. The molecule has 0 unspecified atom stereocenters. The minimum atomic E-state index is -3.76. The fourth-order valence-electron chi connectivity index (χ4n) is 4.09. The van der Waals surface area contributed by atoms with E-state index in [9.17, 15) is 9.67 Å². The lowest BCUT2D eigenvalue weighted by Gasteiger charge is -2.33. The topological polar surface area (TPSA) is 74.2 Å². The Morgan fingerprint density at radius 2 is 1.36 bits per heavy atom. The van der Waals surface area contributed by atoms with Crippen LogP contribution in [0.1, 0.15) is 75.6 Å². The predicted octanol–water partition coefficient (Wildman–Crippen LogP) is 5.59. The summed E-state index contributed by atoms with van der Waals surface area (Å²) in [6.07, 6.45) is 9.75. The monoisotopic (exact) mass is 412 g/mol. The van der Waals surface area contributed by atoms with E-state index in [4.69, 9.17) is 18.5 Å². The highest BCUT2D eigenvalue weighted by atomic mass is 31.2. The van der Waals surface area contributed by atoms with Gasteiger partial charge < -0.3 is 23.6 Å². The van der Waals surface area contributed by atoms with Crippen molar-refractivity contribution >= 4 is 7.60 Å². The molecule has 1 N–H and O–H groups in total. The predicted molar refractivity (Wildman–Crippen MR) is 108 cm³/mol. The molecule has 3 rings (SSSR count). The summed E-state index contributed by atoms with van der Waals surface area (Å²) in [4.78, 5) is 0. The van der Waals surface area contributed by atoms with Crippen LogP contribution in [0.4, 0.5) is 0 Å². The number of hydrogen-bond donors (Lipinski definition) is 1. The number of rotatable bonds is 8. The van der Waals surface area contributed by atoms with Crippen molar-refractivity contribution in [2.45, 2.75) is 82.3 Å². The second kappa shape index (κ2) is 10.1. The molecule has 0 aliphatic heterocycles. The molecule has 7 heteroatoms. The molecule has 0 spiro atoms.